The molecule has 0 aromatic heterocycles. The number of nitrogens with zero attached hydrogens (tertiary/aromatic N) is 2. The van der Waals surface area contributed by atoms with E-state index in [2.05, 4.69) is 5.32 Å². The van der Waals surface area contributed by atoms with Crippen molar-refractivity contribution in [2.75, 3.05) is 18.5 Å². The monoisotopic (exact) mass is 533 g/mol. The number of thioether (sulfide) groups is 1. The van der Waals surface area contributed by atoms with Crippen molar-refractivity contribution in [1.82, 2.24) is 4.90 Å². The highest BCUT2D eigenvalue weighted by atomic mass is 32.2. The maximum absolute atomic E-state index is 12.9. The van der Waals surface area contributed by atoms with E-state index in [1.165, 1.54) is 12.1 Å². The fourth-order valence-corrected chi connectivity index (χ4v) is 4.46. The van der Waals surface area contributed by atoms with Gasteiger partial charge in [-0.1, -0.05) is 36.4 Å². The summed E-state index contributed by atoms with van der Waals surface area (Å²) in [5, 5.41) is 13.4. The van der Waals surface area contributed by atoms with Crippen LogP contribution in [0.4, 0.5) is 16.2 Å². The van der Waals surface area contributed by atoms with Crippen LogP contribution in [0.5, 0.6) is 11.5 Å². The van der Waals surface area contributed by atoms with Gasteiger partial charge >= 0.3 is 0 Å². The number of benzene rings is 3. The first kappa shape index (κ1) is 26.4. The van der Waals surface area contributed by atoms with Crippen LogP contribution in [-0.4, -0.2) is 40.0 Å². The predicted molar refractivity (Wildman–Crippen MR) is 143 cm³/mol. The van der Waals surface area contributed by atoms with Crippen LogP contribution >= 0.6 is 11.8 Å². The topological polar surface area (TPSA) is 128 Å². The third-order valence-electron chi connectivity index (χ3n) is 5.37. The quantitative estimate of drug-likeness (QED) is 0.213. The van der Waals surface area contributed by atoms with Gasteiger partial charge in [0.1, 0.15) is 13.2 Å². The van der Waals surface area contributed by atoms with Gasteiger partial charge in [-0.25, -0.2) is 0 Å². The average Bonchev–Trinajstić information content (AvgIpc) is 3.16. The van der Waals surface area contributed by atoms with Crippen molar-refractivity contribution in [2.45, 2.75) is 13.5 Å². The van der Waals surface area contributed by atoms with E-state index in [-0.39, 0.29) is 17.2 Å². The van der Waals surface area contributed by atoms with Crippen molar-refractivity contribution in [3.05, 3.63) is 98.9 Å². The molecule has 0 atom stereocenters. The van der Waals surface area contributed by atoms with E-state index < -0.39 is 28.5 Å². The number of rotatable bonds is 10. The Bertz CT molecular complexity index is 1410. The molecule has 4 rings (SSSR count). The second-order valence-electron chi connectivity index (χ2n) is 8.00. The molecule has 1 fully saturated rings. The van der Waals surface area contributed by atoms with E-state index in [0.29, 0.717) is 34.9 Å². The van der Waals surface area contributed by atoms with Crippen LogP contribution in [0.15, 0.2) is 77.7 Å². The summed E-state index contributed by atoms with van der Waals surface area (Å²) in [7, 11) is 0. The lowest BCUT2D eigenvalue weighted by molar-refractivity contribution is -0.385. The first-order valence-corrected chi connectivity index (χ1v) is 12.4. The molecular formula is C27H23N3O7S. The van der Waals surface area contributed by atoms with Gasteiger partial charge in [0, 0.05) is 11.8 Å². The Morgan fingerprint density at radius 2 is 1.76 bits per heavy atom. The fourth-order valence-electron chi connectivity index (χ4n) is 3.62. The molecular weight excluding hydrogens is 510 g/mol. The van der Waals surface area contributed by atoms with Crippen molar-refractivity contribution in [3.63, 3.8) is 0 Å². The highest BCUT2D eigenvalue weighted by Gasteiger charge is 2.36. The van der Waals surface area contributed by atoms with E-state index in [1.807, 2.05) is 6.07 Å². The number of anilines is 1. The van der Waals surface area contributed by atoms with Crippen LogP contribution in [0, 0.1) is 10.1 Å². The SMILES string of the molecule is CCOc1cc(/C=C2/SC(=O)N(CC(=O)Nc3ccccc3)C2=O)ccc1OCc1ccccc1[N+](=O)[O-]. The summed E-state index contributed by atoms with van der Waals surface area (Å²) in [5.41, 5.74) is 1.50. The molecule has 11 heteroatoms. The Morgan fingerprint density at radius 3 is 2.50 bits per heavy atom. The predicted octanol–water partition coefficient (Wildman–Crippen LogP) is 5.25. The molecule has 1 saturated heterocycles. The third-order valence-corrected chi connectivity index (χ3v) is 6.28. The van der Waals surface area contributed by atoms with Crippen LogP contribution in [0.3, 0.4) is 0 Å². The average molecular weight is 534 g/mol. The van der Waals surface area contributed by atoms with Gasteiger partial charge in [-0.15, -0.1) is 0 Å². The normalized spacial score (nSPS) is 14.0. The Morgan fingerprint density at radius 1 is 1.03 bits per heavy atom. The number of nitro benzene ring substituents is 1. The minimum atomic E-state index is -0.571. The molecule has 0 aliphatic carbocycles. The molecule has 0 radical (unpaired) electrons. The van der Waals surface area contributed by atoms with Gasteiger partial charge in [-0.2, -0.15) is 0 Å². The highest BCUT2D eigenvalue weighted by Crippen LogP contribution is 2.35. The van der Waals surface area contributed by atoms with Gasteiger partial charge in [-0.05, 0) is 60.7 Å². The minimum absolute atomic E-state index is 0.0412. The largest absolute Gasteiger partial charge is 0.490 e. The number of carbonyl (C=O) groups excluding carboxylic acids is 3. The van der Waals surface area contributed by atoms with E-state index in [4.69, 9.17) is 9.47 Å². The van der Waals surface area contributed by atoms with Crippen molar-refractivity contribution in [3.8, 4) is 11.5 Å². The fraction of sp³-hybridized carbons (Fsp3) is 0.148. The van der Waals surface area contributed by atoms with Gasteiger partial charge < -0.3 is 14.8 Å². The molecule has 10 nitrogen and oxygen atoms in total. The van der Waals surface area contributed by atoms with Gasteiger partial charge in [0.2, 0.25) is 5.91 Å². The summed E-state index contributed by atoms with van der Waals surface area (Å²) in [6, 6.07) is 20.0. The molecule has 0 saturated carbocycles. The number of imide groups is 1. The zero-order chi connectivity index (χ0) is 27.1. The number of amides is 3. The molecule has 194 valence electrons. The Balaban J connectivity index is 1.47. The minimum Gasteiger partial charge on any atom is -0.490 e. The molecule has 3 aromatic rings. The molecule has 1 N–H and O–H groups in total. The first-order chi connectivity index (χ1) is 18.4. The summed E-state index contributed by atoms with van der Waals surface area (Å²) in [6.07, 6.45) is 1.54. The van der Waals surface area contributed by atoms with Crippen LogP contribution in [0.25, 0.3) is 6.08 Å². The Kier molecular flexibility index (Phi) is 8.39. The summed E-state index contributed by atoms with van der Waals surface area (Å²) in [5.74, 6) is -0.314. The zero-order valence-electron chi connectivity index (χ0n) is 20.3. The maximum Gasteiger partial charge on any atom is 0.294 e. The number of nitro groups is 1. The number of hydrogen-bond acceptors (Lipinski definition) is 8. The van der Waals surface area contributed by atoms with E-state index in [0.717, 1.165) is 16.7 Å². The van der Waals surface area contributed by atoms with E-state index in [1.54, 1.807) is 67.6 Å². The molecule has 1 aliphatic rings. The van der Waals surface area contributed by atoms with Crippen molar-refractivity contribution < 1.29 is 28.8 Å². The maximum atomic E-state index is 12.9. The van der Waals surface area contributed by atoms with Gasteiger partial charge in [-0.3, -0.25) is 29.4 Å². The van der Waals surface area contributed by atoms with Crippen molar-refractivity contribution in [1.29, 1.82) is 0 Å². The zero-order valence-corrected chi connectivity index (χ0v) is 21.1. The lowest BCUT2D eigenvalue weighted by atomic mass is 10.1. The number of carbonyl (C=O) groups is 3. The van der Waals surface area contributed by atoms with Gasteiger partial charge in [0.25, 0.3) is 16.8 Å². The number of hydrogen-bond donors (Lipinski definition) is 1. The second kappa shape index (κ2) is 12.1. The number of para-hydroxylation sites is 2. The summed E-state index contributed by atoms with van der Waals surface area (Å²) in [6.45, 7) is 1.68. The van der Waals surface area contributed by atoms with Crippen molar-refractivity contribution >= 4 is 46.3 Å². The lowest BCUT2D eigenvalue weighted by Crippen LogP contribution is -2.36. The third kappa shape index (κ3) is 6.37. The molecule has 3 amide bonds. The van der Waals surface area contributed by atoms with Gasteiger partial charge in [0.15, 0.2) is 11.5 Å². The highest BCUT2D eigenvalue weighted by molar-refractivity contribution is 8.18. The van der Waals surface area contributed by atoms with E-state index in [9.17, 15) is 24.5 Å². The van der Waals surface area contributed by atoms with Crippen LogP contribution in [0.1, 0.15) is 18.1 Å². The van der Waals surface area contributed by atoms with Gasteiger partial charge in [0.05, 0.1) is 22.0 Å². The second-order valence-corrected chi connectivity index (χ2v) is 8.99. The first-order valence-electron chi connectivity index (χ1n) is 11.6. The molecule has 3 aromatic carbocycles. The Labute approximate surface area is 222 Å². The molecule has 0 bridgehead atoms. The molecule has 0 unspecified atom stereocenters. The molecule has 1 aliphatic heterocycles. The van der Waals surface area contributed by atoms with Crippen molar-refractivity contribution in [2.24, 2.45) is 0 Å². The standard InChI is InChI=1S/C27H23N3O7S/c1-2-36-23-14-18(12-13-22(23)37-17-19-8-6-7-11-21(19)30(34)35)15-24-26(32)29(27(33)38-24)16-25(31)28-20-9-4-3-5-10-20/h3-15H,2,16-17H2,1H3,(H,28,31)/b24-15+. The van der Waals surface area contributed by atoms with Crippen LogP contribution in [0.2, 0.25) is 0 Å². The Hall–Kier alpha value is -4.64. The summed E-state index contributed by atoms with van der Waals surface area (Å²) >= 11 is 0.743. The number of ether oxygens (including phenoxy) is 2. The summed E-state index contributed by atoms with van der Waals surface area (Å²) < 4.78 is 11.5. The van der Waals surface area contributed by atoms with E-state index >= 15 is 0 Å². The smallest absolute Gasteiger partial charge is 0.294 e. The molecule has 0 spiro atoms. The van der Waals surface area contributed by atoms with Crippen LogP contribution < -0.4 is 14.8 Å². The lowest BCUT2D eigenvalue weighted by Gasteiger charge is -2.13. The number of nitrogens with one attached hydrogen (secondary N) is 1. The summed E-state index contributed by atoms with van der Waals surface area (Å²) in [4.78, 5) is 49.5. The molecule has 38 heavy (non-hydrogen) atoms. The molecule has 1 heterocycles. The van der Waals surface area contributed by atoms with Crippen LogP contribution in [-0.2, 0) is 16.2 Å².